The number of nitrogens with zero attached hydrogens (tertiary/aromatic N) is 2. The molecule has 0 aliphatic carbocycles. The minimum atomic E-state index is 0.514. The zero-order chi connectivity index (χ0) is 9.52. The number of nitrogens with one attached hydrogen (secondary N) is 1. The highest BCUT2D eigenvalue weighted by Gasteiger charge is 2.08. The van der Waals surface area contributed by atoms with Crippen LogP contribution in [0.1, 0.15) is 32.7 Å². The maximum atomic E-state index is 4.26. The highest BCUT2D eigenvalue weighted by atomic mass is 15.3. The molecule has 0 spiro atoms. The van der Waals surface area contributed by atoms with Crippen LogP contribution in [0.2, 0.25) is 0 Å². The summed E-state index contributed by atoms with van der Waals surface area (Å²) in [6.45, 7) is 6.39. The van der Waals surface area contributed by atoms with E-state index in [0.29, 0.717) is 6.04 Å². The molecule has 1 atom stereocenters. The second kappa shape index (κ2) is 5.75. The van der Waals surface area contributed by atoms with Crippen LogP contribution in [0.15, 0.2) is 18.5 Å². The molecule has 1 heterocycles. The first-order chi connectivity index (χ1) is 6.38. The molecular weight excluding hydrogens is 162 g/mol. The fourth-order valence-electron chi connectivity index (χ4n) is 1.47. The van der Waals surface area contributed by atoms with E-state index in [9.17, 15) is 0 Å². The average Bonchev–Trinajstić information content (AvgIpc) is 2.65. The van der Waals surface area contributed by atoms with E-state index >= 15 is 0 Å². The van der Waals surface area contributed by atoms with Crippen molar-refractivity contribution in [1.29, 1.82) is 0 Å². The van der Waals surface area contributed by atoms with Crippen molar-refractivity contribution in [1.82, 2.24) is 15.1 Å². The minimum absolute atomic E-state index is 0.514. The van der Waals surface area contributed by atoms with E-state index in [0.717, 1.165) is 13.1 Å². The number of rotatable bonds is 6. The van der Waals surface area contributed by atoms with Crippen molar-refractivity contribution in [3.05, 3.63) is 18.5 Å². The number of hydrogen-bond donors (Lipinski definition) is 1. The SMILES string of the molecule is CCCC(CNCC)n1cccn1. The van der Waals surface area contributed by atoms with Crippen LogP contribution in [-0.2, 0) is 0 Å². The van der Waals surface area contributed by atoms with E-state index in [1.54, 1.807) is 0 Å². The van der Waals surface area contributed by atoms with Gasteiger partial charge in [-0.15, -0.1) is 0 Å². The normalized spacial score (nSPS) is 13.1. The van der Waals surface area contributed by atoms with Gasteiger partial charge in [-0.3, -0.25) is 4.68 Å². The lowest BCUT2D eigenvalue weighted by Gasteiger charge is -2.16. The van der Waals surface area contributed by atoms with Gasteiger partial charge in [0.15, 0.2) is 0 Å². The lowest BCUT2D eigenvalue weighted by Crippen LogP contribution is -2.25. The third-order valence-corrected chi connectivity index (χ3v) is 2.15. The van der Waals surface area contributed by atoms with Crippen LogP contribution < -0.4 is 5.32 Å². The maximum Gasteiger partial charge on any atom is 0.0643 e. The summed E-state index contributed by atoms with van der Waals surface area (Å²) in [5, 5.41) is 7.63. The highest BCUT2D eigenvalue weighted by Crippen LogP contribution is 2.10. The molecule has 13 heavy (non-hydrogen) atoms. The van der Waals surface area contributed by atoms with Gasteiger partial charge in [0.2, 0.25) is 0 Å². The Morgan fingerprint density at radius 1 is 1.46 bits per heavy atom. The van der Waals surface area contributed by atoms with Gasteiger partial charge in [0, 0.05) is 18.9 Å². The predicted octanol–water partition coefficient (Wildman–Crippen LogP) is 1.83. The van der Waals surface area contributed by atoms with Gasteiger partial charge < -0.3 is 5.32 Å². The Balaban J connectivity index is 2.47. The van der Waals surface area contributed by atoms with Gasteiger partial charge in [0.25, 0.3) is 0 Å². The molecule has 3 nitrogen and oxygen atoms in total. The summed E-state index contributed by atoms with van der Waals surface area (Å²) >= 11 is 0. The van der Waals surface area contributed by atoms with Crippen LogP contribution in [0.25, 0.3) is 0 Å². The Hall–Kier alpha value is -0.830. The van der Waals surface area contributed by atoms with E-state index in [-0.39, 0.29) is 0 Å². The molecule has 0 aliphatic heterocycles. The predicted molar refractivity (Wildman–Crippen MR) is 54.7 cm³/mol. The quantitative estimate of drug-likeness (QED) is 0.725. The molecule has 74 valence electrons. The number of hydrogen-bond acceptors (Lipinski definition) is 2. The second-order valence-electron chi connectivity index (χ2n) is 3.24. The second-order valence-corrected chi connectivity index (χ2v) is 3.24. The summed E-state index contributed by atoms with van der Waals surface area (Å²) in [6, 6.07) is 2.49. The zero-order valence-electron chi connectivity index (χ0n) is 8.53. The van der Waals surface area contributed by atoms with Crippen LogP contribution in [-0.4, -0.2) is 22.9 Å². The monoisotopic (exact) mass is 181 g/mol. The fourth-order valence-corrected chi connectivity index (χ4v) is 1.47. The van der Waals surface area contributed by atoms with Crippen molar-refractivity contribution < 1.29 is 0 Å². The Bertz CT molecular complexity index is 206. The van der Waals surface area contributed by atoms with Crippen molar-refractivity contribution in [2.75, 3.05) is 13.1 Å². The third kappa shape index (κ3) is 3.19. The first kappa shape index (κ1) is 10.3. The minimum Gasteiger partial charge on any atom is -0.315 e. The van der Waals surface area contributed by atoms with E-state index in [2.05, 4.69) is 24.3 Å². The molecule has 1 N–H and O–H groups in total. The number of aromatic nitrogens is 2. The van der Waals surface area contributed by atoms with E-state index in [4.69, 9.17) is 0 Å². The Morgan fingerprint density at radius 2 is 2.31 bits per heavy atom. The van der Waals surface area contributed by atoms with Crippen molar-refractivity contribution in [3.8, 4) is 0 Å². The molecule has 0 saturated carbocycles. The average molecular weight is 181 g/mol. The van der Waals surface area contributed by atoms with Gasteiger partial charge in [-0.2, -0.15) is 5.10 Å². The van der Waals surface area contributed by atoms with Gasteiger partial charge in [-0.25, -0.2) is 0 Å². The van der Waals surface area contributed by atoms with Crippen LogP contribution in [0.3, 0.4) is 0 Å². The molecule has 1 unspecified atom stereocenters. The topological polar surface area (TPSA) is 29.9 Å². The van der Waals surface area contributed by atoms with Crippen LogP contribution in [0.4, 0.5) is 0 Å². The Kier molecular flexibility index (Phi) is 4.54. The Morgan fingerprint density at radius 3 is 2.85 bits per heavy atom. The third-order valence-electron chi connectivity index (χ3n) is 2.15. The summed E-state index contributed by atoms with van der Waals surface area (Å²) in [5.41, 5.74) is 0. The molecule has 0 saturated heterocycles. The van der Waals surface area contributed by atoms with E-state index < -0.39 is 0 Å². The molecule has 0 amide bonds. The fraction of sp³-hybridized carbons (Fsp3) is 0.700. The molecule has 0 bridgehead atoms. The smallest absolute Gasteiger partial charge is 0.0643 e. The van der Waals surface area contributed by atoms with Crippen molar-refractivity contribution in [3.63, 3.8) is 0 Å². The largest absolute Gasteiger partial charge is 0.315 e. The van der Waals surface area contributed by atoms with Crippen LogP contribution in [0, 0.1) is 0 Å². The lowest BCUT2D eigenvalue weighted by atomic mass is 10.2. The standard InChI is InChI=1S/C10H19N3/c1-3-6-10(9-11-4-2)13-8-5-7-12-13/h5,7-8,10-11H,3-4,6,9H2,1-2H3. The summed E-state index contributed by atoms with van der Waals surface area (Å²) in [6.07, 6.45) is 6.27. The highest BCUT2D eigenvalue weighted by molar-refractivity contribution is 4.82. The molecule has 0 aliphatic rings. The summed E-state index contributed by atoms with van der Waals surface area (Å²) in [5.74, 6) is 0. The zero-order valence-corrected chi connectivity index (χ0v) is 8.53. The van der Waals surface area contributed by atoms with Gasteiger partial charge in [0.1, 0.15) is 0 Å². The summed E-state index contributed by atoms with van der Waals surface area (Å²) < 4.78 is 2.05. The van der Waals surface area contributed by atoms with Crippen molar-refractivity contribution >= 4 is 0 Å². The maximum absolute atomic E-state index is 4.26. The lowest BCUT2D eigenvalue weighted by molar-refractivity contribution is 0.399. The Labute approximate surface area is 80.1 Å². The molecule has 1 rings (SSSR count). The van der Waals surface area contributed by atoms with Gasteiger partial charge >= 0.3 is 0 Å². The molecular formula is C10H19N3. The molecule has 0 radical (unpaired) electrons. The van der Waals surface area contributed by atoms with Gasteiger partial charge in [0.05, 0.1) is 6.04 Å². The summed E-state index contributed by atoms with van der Waals surface area (Å²) in [7, 11) is 0. The number of likely N-dealkylation sites (N-methyl/N-ethyl adjacent to an activating group) is 1. The first-order valence-corrected chi connectivity index (χ1v) is 5.08. The van der Waals surface area contributed by atoms with Gasteiger partial charge in [-0.05, 0) is 19.0 Å². The van der Waals surface area contributed by atoms with Crippen molar-refractivity contribution in [2.24, 2.45) is 0 Å². The molecule has 0 fully saturated rings. The molecule has 1 aromatic heterocycles. The van der Waals surface area contributed by atoms with E-state index in [1.807, 2.05) is 23.1 Å². The molecule has 3 heteroatoms. The van der Waals surface area contributed by atoms with E-state index in [1.165, 1.54) is 12.8 Å². The first-order valence-electron chi connectivity index (χ1n) is 5.08. The van der Waals surface area contributed by atoms with Crippen LogP contribution >= 0.6 is 0 Å². The molecule has 0 aromatic carbocycles. The summed E-state index contributed by atoms with van der Waals surface area (Å²) in [4.78, 5) is 0. The van der Waals surface area contributed by atoms with Crippen LogP contribution in [0.5, 0.6) is 0 Å². The van der Waals surface area contributed by atoms with Gasteiger partial charge in [-0.1, -0.05) is 20.3 Å². The van der Waals surface area contributed by atoms with Crippen molar-refractivity contribution in [2.45, 2.75) is 32.7 Å². The molecule has 1 aromatic rings.